The van der Waals surface area contributed by atoms with Crippen molar-refractivity contribution in [1.29, 1.82) is 0 Å². The van der Waals surface area contributed by atoms with Crippen molar-refractivity contribution in [3.8, 4) is 11.4 Å². The number of nitrogens with zero attached hydrogens (tertiary/aromatic N) is 3. The minimum Gasteiger partial charge on any atom is -0.339 e. The lowest BCUT2D eigenvalue weighted by atomic mass is 10.1. The number of halogens is 3. The number of benzene rings is 2. The van der Waals surface area contributed by atoms with Gasteiger partial charge in [0.1, 0.15) is 11.6 Å². The van der Waals surface area contributed by atoms with Crippen molar-refractivity contribution in [2.75, 3.05) is 6.54 Å². The molecule has 0 bridgehead atoms. The van der Waals surface area contributed by atoms with Gasteiger partial charge in [0.2, 0.25) is 17.6 Å². The van der Waals surface area contributed by atoms with Crippen molar-refractivity contribution in [3.63, 3.8) is 0 Å². The summed E-state index contributed by atoms with van der Waals surface area (Å²) in [5.74, 6) is -1.06. The van der Waals surface area contributed by atoms with Crippen LogP contribution >= 0.6 is 11.6 Å². The maximum Gasteiger partial charge on any atom is 0.232 e. The third-order valence-corrected chi connectivity index (χ3v) is 4.75. The Kier molecular flexibility index (Phi) is 4.61. The van der Waals surface area contributed by atoms with Crippen LogP contribution in [-0.4, -0.2) is 27.5 Å². The quantitative estimate of drug-likeness (QED) is 0.671. The fraction of sp³-hybridized carbons (Fsp3) is 0.211. The van der Waals surface area contributed by atoms with Crippen LogP contribution in [0.1, 0.15) is 23.8 Å². The Bertz CT molecular complexity index is 988. The molecule has 0 unspecified atom stereocenters. The lowest BCUT2D eigenvalue weighted by molar-refractivity contribution is -0.128. The van der Waals surface area contributed by atoms with Gasteiger partial charge >= 0.3 is 0 Å². The van der Waals surface area contributed by atoms with E-state index in [2.05, 4.69) is 10.1 Å². The summed E-state index contributed by atoms with van der Waals surface area (Å²) in [6.45, 7) is 0.455. The Labute approximate surface area is 158 Å². The highest BCUT2D eigenvalue weighted by atomic mass is 35.5. The van der Waals surface area contributed by atoms with E-state index in [-0.39, 0.29) is 24.8 Å². The lowest BCUT2D eigenvalue weighted by Crippen LogP contribution is -2.24. The molecule has 0 N–H and O–H groups in total. The molecule has 0 spiro atoms. The van der Waals surface area contributed by atoms with E-state index in [0.717, 1.165) is 6.07 Å². The summed E-state index contributed by atoms with van der Waals surface area (Å²) in [6, 6.07) is 10.4. The van der Waals surface area contributed by atoms with Crippen LogP contribution in [0.2, 0.25) is 5.02 Å². The topological polar surface area (TPSA) is 59.2 Å². The lowest BCUT2D eigenvalue weighted by Gasteiger charge is -2.16. The van der Waals surface area contributed by atoms with Gasteiger partial charge in [-0.15, -0.1) is 0 Å². The van der Waals surface area contributed by atoms with Crippen LogP contribution in [0, 0.1) is 11.6 Å². The average molecular weight is 390 g/mol. The number of likely N-dealkylation sites (tertiary alicyclic amines) is 1. The standard InChI is InChI=1S/C19H14ClF2N3O2/c20-16-4-2-1-3-15(16)18-23-19(27-24-18)12-7-17(26)25(10-12)9-11-5-13(21)8-14(22)6-11/h1-6,8,12H,7,9-10H2/t12-/m0/s1. The van der Waals surface area contributed by atoms with Crippen LogP contribution in [0.25, 0.3) is 11.4 Å². The fourth-order valence-corrected chi connectivity index (χ4v) is 3.39. The smallest absolute Gasteiger partial charge is 0.232 e. The second-order valence-corrected chi connectivity index (χ2v) is 6.80. The van der Waals surface area contributed by atoms with Crippen LogP contribution in [0.3, 0.4) is 0 Å². The molecule has 4 rings (SSSR count). The number of amides is 1. The maximum absolute atomic E-state index is 13.3. The second kappa shape index (κ2) is 7.08. The van der Waals surface area contributed by atoms with Gasteiger partial charge in [-0.05, 0) is 29.8 Å². The third kappa shape index (κ3) is 3.68. The van der Waals surface area contributed by atoms with E-state index in [4.69, 9.17) is 16.1 Å². The summed E-state index contributed by atoms with van der Waals surface area (Å²) in [5.41, 5.74) is 1.04. The average Bonchev–Trinajstić information content (AvgIpc) is 3.22. The monoisotopic (exact) mass is 389 g/mol. The minimum atomic E-state index is -0.672. The predicted octanol–water partition coefficient (Wildman–Crippen LogP) is 4.18. The highest BCUT2D eigenvalue weighted by Crippen LogP contribution is 2.31. The molecule has 1 saturated heterocycles. The summed E-state index contributed by atoms with van der Waals surface area (Å²) in [5, 5.41) is 4.45. The van der Waals surface area contributed by atoms with E-state index in [9.17, 15) is 13.6 Å². The van der Waals surface area contributed by atoms with Gasteiger partial charge in [0, 0.05) is 31.1 Å². The molecule has 1 aliphatic heterocycles. The van der Waals surface area contributed by atoms with Gasteiger partial charge in [-0.1, -0.05) is 28.9 Å². The molecule has 2 aromatic carbocycles. The van der Waals surface area contributed by atoms with E-state index in [1.807, 2.05) is 6.07 Å². The van der Waals surface area contributed by atoms with Crippen LogP contribution in [0.15, 0.2) is 47.0 Å². The summed E-state index contributed by atoms with van der Waals surface area (Å²) in [6.07, 6.45) is 0.196. The summed E-state index contributed by atoms with van der Waals surface area (Å²) in [7, 11) is 0. The predicted molar refractivity (Wildman–Crippen MR) is 93.9 cm³/mol. The van der Waals surface area contributed by atoms with Crippen molar-refractivity contribution < 1.29 is 18.1 Å². The van der Waals surface area contributed by atoms with Gasteiger partial charge < -0.3 is 9.42 Å². The summed E-state index contributed by atoms with van der Waals surface area (Å²) >= 11 is 6.14. The maximum atomic E-state index is 13.3. The molecule has 1 amide bonds. The van der Waals surface area contributed by atoms with Gasteiger partial charge in [-0.3, -0.25) is 4.79 Å². The Balaban J connectivity index is 1.50. The molecule has 1 aromatic heterocycles. The Morgan fingerprint density at radius 3 is 2.67 bits per heavy atom. The first-order chi connectivity index (χ1) is 13.0. The van der Waals surface area contributed by atoms with Crippen LogP contribution < -0.4 is 0 Å². The first kappa shape index (κ1) is 17.6. The molecule has 1 atom stereocenters. The summed E-state index contributed by atoms with van der Waals surface area (Å²) in [4.78, 5) is 18.2. The Hall–Kier alpha value is -2.80. The largest absolute Gasteiger partial charge is 0.339 e. The highest BCUT2D eigenvalue weighted by molar-refractivity contribution is 6.33. The first-order valence-electron chi connectivity index (χ1n) is 8.31. The zero-order valence-electron chi connectivity index (χ0n) is 14.0. The summed E-state index contributed by atoms with van der Waals surface area (Å²) < 4.78 is 32.0. The fourth-order valence-electron chi connectivity index (χ4n) is 3.17. The molecule has 138 valence electrons. The molecule has 27 heavy (non-hydrogen) atoms. The van der Waals surface area contributed by atoms with Gasteiger partial charge in [0.05, 0.1) is 10.9 Å². The molecule has 0 saturated carbocycles. The van der Waals surface area contributed by atoms with Crippen molar-refractivity contribution in [1.82, 2.24) is 15.0 Å². The number of rotatable bonds is 4. The zero-order chi connectivity index (χ0) is 19.0. The van der Waals surface area contributed by atoms with Crippen molar-refractivity contribution in [2.45, 2.75) is 18.9 Å². The normalized spacial score (nSPS) is 16.9. The third-order valence-electron chi connectivity index (χ3n) is 4.42. The van der Waals surface area contributed by atoms with Gasteiger partial charge in [-0.25, -0.2) is 8.78 Å². The van der Waals surface area contributed by atoms with Crippen molar-refractivity contribution >= 4 is 17.5 Å². The number of carbonyl (C=O) groups is 1. The van der Waals surface area contributed by atoms with E-state index in [1.165, 1.54) is 17.0 Å². The highest BCUT2D eigenvalue weighted by Gasteiger charge is 2.34. The molecular formula is C19H14ClF2N3O2. The van der Waals surface area contributed by atoms with Crippen LogP contribution in [0.5, 0.6) is 0 Å². The van der Waals surface area contributed by atoms with Gasteiger partial charge in [0.25, 0.3) is 0 Å². The molecule has 0 radical (unpaired) electrons. The first-order valence-corrected chi connectivity index (χ1v) is 8.68. The number of hydrogen-bond acceptors (Lipinski definition) is 4. The number of hydrogen-bond donors (Lipinski definition) is 0. The van der Waals surface area contributed by atoms with E-state index >= 15 is 0 Å². The minimum absolute atomic E-state index is 0.121. The molecule has 5 nitrogen and oxygen atoms in total. The molecule has 3 aromatic rings. The molecule has 2 heterocycles. The molecule has 1 aliphatic rings. The van der Waals surface area contributed by atoms with Crippen molar-refractivity contribution in [3.05, 3.63) is 70.6 Å². The van der Waals surface area contributed by atoms with E-state index in [0.29, 0.717) is 34.4 Å². The number of aromatic nitrogens is 2. The van der Waals surface area contributed by atoms with Crippen LogP contribution in [0.4, 0.5) is 8.78 Å². The van der Waals surface area contributed by atoms with Gasteiger partial charge in [0.15, 0.2) is 0 Å². The van der Waals surface area contributed by atoms with Crippen molar-refractivity contribution in [2.24, 2.45) is 0 Å². The molecular weight excluding hydrogens is 376 g/mol. The molecule has 1 fully saturated rings. The number of carbonyl (C=O) groups excluding carboxylic acids is 1. The van der Waals surface area contributed by atoms with E-state index < -0.39 is 11.6 Å². The Morgan fingerprint density at radius 2 is 1.93 bits per heavy atom. The van der Waals surface area contributed by atoms with E-state index in [1.54, 1.807) is 18.2 Å². The Morgan fingerprint density at radius 1 is 1.19 bits per heavy atom. The molecule has 8 heteroatoms. The second-order valence-electron chi connectivity index (χ2n) is 6.39. The SMILES string of the molecule is O=C1C[C@H](c2nc(-c3ccccc3Cl)no2)CN1Cc1cc(F)cc(F)c1. The molecule has 0 aliphatic carbocycles. The van der Waals surface area contributed by atoms with Crippen LogP contribution in [-0.2, 0) is 11.3 Å². The van der Waals surface area contributed by atoms with Gasteiger partial charge in [-0.2, -0.15) is 4.98 Å². The zero-order valence-corrected chi connectivity index (χ0v) is 14.8.